The summed E-state index contributed by atoms with van der Waals surface area (Å²) >= 11 is 0. The molecule has 0 rings (SSSR count). The van der Waals surface area contributed by atoms with Crippen molar-refractivity contribution < 1.29 is 24.5 Å². The first-order chi connectivity index (χ1) is 29.5. The summed E-state index contributed by atoms with van der Waals surface area (Å²) in [7, 11) is 0. The van der Waals surface area contributed by atoms with Gasteiger partial charge in [0.2, 0.25) is 5.91 Å². The number of aliphatic hydroxyl groups excluding tert-OH is 2. The molecule has 0 saturated carbocycles. The number of carbonyl (C=O) groups excluding carboxylic acids is 2. The fourth-order valence-corrected chi connectivity index (χ4v) is 8.10. The highest BCUT2D eigenvalue weighted by Gasteiger charge is 2.18. The Labute approximate surface area is 373 Å². The molecule has 0 saturated heterocycles. The van der Waals surface area contributed by atoms with Crippen molar-refractivity contribution in [2.24, 2.45) is 0 Å². The number of esters is 1. The van der Waals surface area contributed by atoms with Crippen molar-refractivity contribution >= 4 is 11.9 Å². The Morgan fingerprint density at radius 3 is 1.20 bits per heavy atom. The van der Waals surface area contributed by atoms with Gasteiger partial charge in [-0.05, 0) is 57.8 Å². The van der Waals surface area contributed by atoms with E-state index in [9.17, 15) is 19.8 Å². The van der Waals surface area contributed by atoms with Gasteiger partial charge in [-0.15, -0.1) is 0 Å². The average Bonchev–Trinajstić information content (AvgIpc) is 3.25. The summed E-state index contributed by atoms with van der Waals surface area (Å²) in [5.41, 5.74) is 0. The minimum Gasteiger partial charge on any atom is -0.466 e. The third-order valence-corrected chi connectivity index (χ3v) is 12.2. The summed E-state index contributed by atoms with van der Waals surface area (Å²) in [5, 5.41) is 23.0. The maximum atomic E-state index is 12.4. The molecule has 0 aliphatic heterocycles. The third-order valence-electron chi connectivity index (χ3n) is 12.2. The van der Waals surface area contributed by atoms with Crippen molar-refractivity contribution in [1.82, 2.24) is 5.32 Å². The van der Waals surface area contributed by atoms with Crippen LogP contribution in [0.5, 0.6) is 0 Å². The largest absolute Gasteiger partial charge is 0.466 e. The van der Waals surface area contributed by atoms with Crippen molar-refractivity contribution in [2.75, 3.05) is 13.2 Å². The van der Waals surface area contributed by atoms with E-state index < -0.39 is 12.1 Å². The minimum absolute atomic E-state index is 0.0104. The van der Waals surface area contributed by atoms with Crippen molar-refractivity contribution in [2.45, 2.75) is 296 Å². The number of nitrogens with one attached hydrogen (secondary N) is 1. The van der Waals surface area contributed by atoms with E-state index in [-0.39, 0.29) is 18.5 Å². The van der Waals surface area contributed by atoms with Gasteiger partial charge in [0.1, 0.15) is 0 Å². The molecule has 3 N–H and O–H groups in total. The van der Waals surface area contributed by atoms with Crippen LogP contribution in [0.3, 0.4) is 0 Å². The molecule has 6 heteroatoms. The lowest BCUT2D eigenvalue weighted by Crippen LogP contribution is -2.45. The van der Waals surface area contributed by atoms with Crippen LogP contribution in [0.25, 0.3) is 0 Å². The van der Waals surface area contributed by atoms with Crippen LogP contribution in [0.4, 0.5) is 0 Å². The lowest BCUT2D eigenvalue weighted by Gasteiger charge is -2.19. The summed E-state index contributed by atoms with van der Waals surface area (Å²) in [6, 6.07) is -0.646. The second-order valence-electron chi connectivity index (χ2n) is 18.2. The van der Waals surface area contributed by atoms with Gasteiger partial charge in [0.05, 0.1) is 25.4 Å². The molecule has 0 aliphatic carbocycles. The Kier molecular flexibility index (Phi) is 48.6. The second-order valence-corrected chi connectivity index (χ2v) is 18.2. The number of rotatable bonds is 49. The molecule has 60 heavy (non-hydrogen) atoms. The van der Waals surface area contributed by atoms with Crippen LogP contribution in [0, 0.1) is 0 Å². The van der Waals surface area contributed by atoms with Crippen LogP contribution in [-0.4, -0.2) is 47.4 Å². The molecule has 0 fully saturated rings. The van der Waals surface area contributed by atoms with Crippen LogP contribution in [0.15, 0.2) is 24.3 Å². The van der Waals surface area contributed by atoms with Gasteiger partial charge in [-0.2, -0.15) is 0 Å². The van der Waals surface area contributed by atoms with Gasteiger partial charge in [0.25, 0.3) is 0 Å². The molecule has 0 aromatic carbocycles. The van der Waals surface area contributed by atoms with Crippen molar-refractivity contribution in [1.29, 1.82) is 0 Å². The van der Waals surface area contributed by atoms with E-state index in [1.807, 2.05) is 6.08 Å². The van der Waals surface area contributed by atoms with E-state index in [2.05, 4.69) is 31.3 Å². The van der Waals surface area contributed by atoms with Gasteiger partial charge < -0.3 is 20.3 Å². The third kappa shape index (κ3) is 45.9. The predicted octanol–water partition coefficient (Wildman–Crippen LogP) is 15.9. The fourth-order valence-electron chi connectivity index (χ4n) is 8.10. The fraction of sp³-hybridized carbons (Fsp3) is 0.889. The van der Waals surface area contributed by atoms with E-state index in [0.717, 1.165) is 70.6 Å². The van der Waals surface area contributed by atoms with Crippen LogP contribution >= 0.6 is 0 Å². The summed E-state index contributed by atoms with van der Waals surface area (Å²) in [6.45, 7) is 4.86. The van der Waals surface area contributed by atoms with Crippen molar-refractivity contribution in [3.63, 3.8) is 0 Å². The van der Waals surface area contributed by atoms with Crippen molar-refractivity contribution in [3.8, 4) is 0 Å². The maximum Gasteiger partial charge on any atom is 0.305 e. The summed E-state index contributed by atoms with van der Waals surface area (Å²) < 4.78 is 5.47. The van der Waals surface area contributed by atoms with Crippen molar-refractivity contribution in [3.05, 3.63) is 24.3 Å². The predicted molar refractivity (Wildman–Crippen MR) is 260 cm³/mol. The smallest absolute Gasteiger partial charge is 0.305 e. The number of amides is 1. The highest BCUT2D eigenvalue weighted by atomic mass is 16.5. The second kappa shape index (κ2) is 50.0. The van der Waals surface area contributed by atoms with E-state index in [4.69, 9.17) is 4.74 Å². The number of ether oxygens (including phenoxy) is 1. The first kappa shape index (κ1) is 58.3. The van der Waals surface area contributed by atoms with Crippen LogP contribution in [-0.2, 0) is 14.3 Å². The first-order valence-electron chi connectivity index (χ1n) is 26.6. The van der Waals surface area contributed by atoms with Gasteiger partial charge >= 0.3 is 5.97 Å². The zero-order valence-corrected chi connectivity index (χ0v) is 40.2. The van der Waals surface area contributed by atoms with E-state index in [1.165, 1.54) is 186 Å². The molecule has 1 amide bonds. The number of hydrogen-bond acceptors (Lipinski definition) is 5. The number of allylic oxidation sites excluding steroid dienone is 3. The SMILES string of the molecule is CCCCCCCCCCCCC/C=C/C(O)C(CO)NC(=O)CCCCC/C=C\CCCCCCCCOC(=O)CCCCCCCCCCCCCCCCCCC. The van der Waals surface area contributed by atoms with Gasteiger partial charge in [0.15, 0.2) is 0 Å². The highest BCUT2D eigenvalue weighted by Crippen LogP contribution is 2.16. The zero-order chi connectivity index (χ0) is 43.7. The molecule has 0 aromatic rings. The molecule has 354 valence electrons. The number of aliphatic hydroxyl groups is 2. The molecule has 2 unspecified atom stereocenters. The molecule has 6 nitrogen and oxygen atoms in total. The normalized spacial score (nSPS) is 12.8. The quantitative estimate of drug-likeness (QED) is 0.0322. The number of carbonyl (C=O) groups is 2. The molecular formula is C54H103NO5. The topological polar surface area (TPSA) is 95.9 Å². The van der Waals surface area contributed by atoms with Gasteiger partial charge in [-0.3, -0.25) is 9.59 Å². The number of unbranched alkanes of at least 4 members (excludes halogenated alkanes) is 36. The van der Waals surface area contributed by atoms with Crippen LogP contribution in [0.1, 0.15) is 284 Å². The summed E-state index contributed by atoms with van der Waals surface area (Å²) in [4.78, 5) is 24.5. The molecule has 0 aliphatic rings. The molecular weight excluding hydrogens is 743 g/mol. The highest BCUT2D eigenvalue weighted by molar-refractivity contribution is 5.76. The van der Waals surface area contributed by atoms with E-state index in [0.29, 0.717) is 19.4 Å². The summed E-state index contributed by atoms with van der Waals surface area (Å²) in [6.07, 6.45) is 59.0. The molecule has 0 bridgehead atoms. The zero-order valence-electron chi connectivity index (χ0n) is 40.2. The monoisotopic (exact) mass is 846 g/mol. The molecule has 0 heterocycles. The molecule has 0 radical (unpaired) electrons. The Hall–Kier alpha value is -1.66. The van der Waals surface area contributed by atoms with Crippen LogP contribution < -0.4 is 5.32 Å². The lowest BCUT2D eigenvalue weighted by atomic mass is 10.0. The van der Waals surface area contributed by atoms with Gasteiger partial charge in [-0.1, -0.05) is 237 Å². The Balaban J connectivity index is 3.49. The Morgan fingerprint density at radius 2 is 0.783 bits per heavy atom. The standard InChI is InChI=1S/C54H103NO5/c1-3-5-7-9-11-13-15-17-18-19-20-24-28-32-36-40-44-48-54(59)60-49-45-41-37-33-29-25-21-23-27-31-35-39-43-47-53(58)55-51(50-56)52(57)46-42-38-34-30-26-22-16-14-12-10-8-6-4-2/h23,27,42,46,51-52,56-57H,3-22,24-26,28-41,43-45,47-50H2,1-2H3,(H,55,58)/b27-23-,46-42+. The molecule has 0 spiro atoms. The number of hydrogen-bond donors (Lipinski definition) is 3. The van der Waals surface area contributed by atoms with E-state index >= 15 is 0 Å². The minimum atomic E-state index is -0.860. The van der Waals surface area contributed by atoms with Gasteiger partial charge in [-0.25, -0.2) is 0 Å². The van der Waals surface area contributed by atoms with E-state index in [1.54, 1.807) is 6.08 Å². The van der Waals surface area contributed by atoms with Crippen LogP contribution in [0.2, 0.25) is 0 Å². The Morgan fingerprint density at radius 1 is 0.450 bits per heavy atom. The molecule has 2 atom stereocenters. The molecule has 0 aromatic heterocycles. The Bertz CT molecular complexity index is 935. The first-order valence-corrected chi connectivity index (χ1v) is 26.6. The average molecular weight is 846 g/mol. The maximum absolute atomic E-state index is 12.4. The summed E-state index contributed by atoms with van der Waals surface area (Å²) in [5.74, 6) is -0.108. The van der Waals surface area contributed by atoms with Gasteiger partial charge in [0, 0.05) is 12.8 Å². The lowest BCUT2D eigenvalue weighted by molar-refractivity contribution is -0.143.